The van der Waals surface area contributed by atoms with Gasteiger partial charge in [-0.3, -0.25) is 4.98 Å². The van der Waals surface area contributed by atoms with E-state index in [1.165, 1.54) is 0 Å². The number of carbonyl (C=O) groups is 1. The predicted octanol–water partition coefficient (Wildman–Crippen LogP) is 1.31. The van der Waals surface area contributed by atoms with E-state index >= 15 is 0 Å². The lowest BCUT2D eigenvalue weighted by Crippen LogP contribution is -1.99. The van der Waals surface area contributed by atoms with Crippen LogP contribution in [0.3, 0.4) is 0 Å². The smallest absolute Gasteiger partial charge is 0.330 e. The Bertz CT molecular complexity index is 269. The van der Waals surface area contributed by atoms with Crippen LogP contribution in [0.25, 0.3) is 0 Å². The standard InChI is InChI=1S/C9H9NO2/c1-2-9(11)12-7-8-3-5-10-6-4-8/h2-6H,1,7H2. The van der Waals surface area contributed by atoms with Crippen LogP contribution in [0.4, 0.5) is 0 Å². The average molecular weight is 163 g/mol. The monoisotopic (exact) mass is 163 g/mol. The van der Waals surface area contributed by atoms with Gasteiger partial charge in [-0.2, -0.15) is 0 Å². The molecule has 0 radical (unpaired) electrons. The molecule has 0 N–H and O–H groups in total. The average Bonchev–Trinajstić information content (AvgIpc) is 2.16. The summed E-state index contributed by atoms with van der Waals surface area (Å²) in [5.74, 6) is -0.410. The maximum absolute atomic E-state index is 10.6. The number of hydrogen-bond acceptors (Lipinski definition) is 3. The van der Waals surface area contributed by atoms with E-state index < -0.39 is 5.97 Å². The molecule has 0 unspecified atom stereocenters. The molecule has 0 atom stereocenters. The second-order valence-electron chi connectivity index (χ2n) is 2.17. The maximum atomic E-state index is 10.6. The molecule has 0 saturated heterocycles. The molecule has 0 aliphatic rings. The first kappa shape index (κ1) is 8.46. The fourth-order valence-electron chi connectivity index (χ4n) is 0.692. The molecule has 0 fully saturated rings. The highest BCUT2D eigenvalue weighted by atomic mass is 16.5. The molecule has 3 nitrogen and oxygen atoms in total. The summed E-state index contributed by atoms with van der Waals surface area (Å²) in [4.78, 5) is 14.5. The van der Waals surface area contributed by atoms with Gasteiger partial charge in [0, 0.05) is 18.5 Å². The minimum absolute atomic E-state index is 0.271. The van der Waals surface area contributed by atoms with Gasteiger partial charge >= 0.3 is 5.97 Å². The molecular formula is C9H9NO2. The molecule has 0 bridgehead atoms. The topological polar surface area (TPSA) is 39.2 Å². The number of aromatic nitrogens is 1. The van der Waals surface area contributed by atoms with Gasteiger partial charge in [0.1, 0.15) is 6.61 Å². The second kappa shape index (κ2) is 4.28. The molecule has 1 heterocycles. The van der Waals surface area contributed by atoms with E-state index in [2.05, 4.69) is 11.6 Å². The van der Waals surface area contributed by atoms with E-state index in [4.69, 9.17) is 4.74 Å². The number of esters is 1. The van der Waals surface area contributed by atoms with Gasteiger partial charge in [-0.15, -0.1) is 0 Å². The predicted molar refractivity (Wildman–Crippen MR) is 44.2 cm³/mol. The van der Waals surface area contributed by atoms with Crippen molar-refractivity contribution >= 4 is 5.97 Å². The van der Waals surface area contributed by atoms with E-state index in [0.717, 1.165) is 11.6 Å². The molecule has 0 saturated carbocycles. The highest BCUT2D eigenvalue weighted by Crippen LogP contribution is 1.98. The number of carbonyl (C=O) groups excluding carboxylic acids is 1. The number of hydrogen-bond donors (Lipinski definition) is 0. The summed E-state index contributed by atoms with van der Waals surface area (Å²) >= 11 is 0. The molecule has 3 heteroatoms. The highest BCUT2D eigenvalue weighted by Gasteiger charge is 1.95. The van der Waals surface area contributed by atoms with E-state index in [1.54, 1.807) is 24.5 Å². The molecule has 0 spiro atoms. The van der Waals surface area contributed by atoms with Crippen molar-refractivity contribution in [2.45, 2.75) is 6.61 Å². The first-order chi connectivity index (χ1) is 5.83. The molecular weight excluding hydrogens is 154 g/mol. The van der Waals surface area contributed by atoms with E-state index in [0.29, 0.717) is 0 Å². The molecule has 0 amide bonds. The van der Waals surface area contributed by atoms with Gasteiger partial charge in [-0.05, 0) is 17.7 Å². The molecule has 12 heavy (non-hydrogen) atoms. The van der Waals surface area contributed by atoms with E-state index in [-0.39, 0.29) is 6.61 Å². The van der Waals surface area contributed by atoms with Crippen molar-refractivity contribution in [2.24, 2.45) is 0 Å². The summed E-state index contributed by atoms with van der Waals surface area (Å²) in [6.07, 6.45) is 4.44. The van der Waals surface area contributed by atoms with Gasteiger partial charge in [0.15, 0.2) is 0 Å². The maximum Gasteiger partial charge on any atom is 0.330 e. The first-order valence-electron chi connectivity index (χ1n) is 3.51. The lowest BCUT2D eigenvalue weighted by Gasteiger charge is -2.00. The molecule has 1 aromatic rings. The number of pyridine rings is 1. The Kier molecular flexibility index (Phi) is 3.02. The molecule has 62 valence electrons. The lowest BCUT2D eigenvalue weighted by atomic mass is 10.3. The Labute approximate surface area is 70.7 Å². The van der Waals surface area contributed by atoms with Crippen LogP contribution in [0.2, 0.25) is 0 Å². The van der Waals surface area contributed by atoms with Crippen LogP contribution in [0.15, 0.2) is 37.2 Å². The van der Waals surface area contributed by atoms with Crippen LogP contribution in [-0.4, -0.2) is 11.0 Å². The van der Waals surface area contributed by atoms with Crippen molar-refractivity contribution in [3.8, 4) is 0 Å². The summed E-state index contributed by atoms with van der Waals surface area (Å²) in [6.45, 7) is 3.56. The van der Waals surface area contributed by atoms with Gasteiger partial charge in [0.2, 0.25) is 0 Å². The normalized spacial score (nSPS) is 9.00. The van der Waals surface area contributed by atoms with Crippen molar-refractivity contribution in [1.29, 1.82) is 0 Å². The summed E-state index contributed by atoms with van der Waals surface area (Å²) in [6, 6.07) is 3.58. The first-order valence-corrected chi connectivity index (χ1v) is 3.51. The quantitative estimate of drug-likeness (QED) is 0.498. The Morgan fingerprint density at radius 2 is 2.25 bits per heavy atom. The van der Waals surface area contributed by atoms with Crippen molar-refractivity contribution < 1.29 is 9.53 Å². The van der Waals surface area contributed by atoms with Crippen molar-refractivity contribution in [1.82, 2.24) is 4.98 Å². The fourth-order valence-corrected chi connectivity index (χ4v) is 0.692. The molecule has 0 aliphatic carbocycles. The van der Waals surface area contributed by atoms with Gasteiger partial charge in [-0.25, -0.2) is 4.79 Å². The van der Waals surface area contributed by atoms with Crippen molar-refractivity contribution in [2.75, 3.05) is 0 Å². The minimum Gasteiger partial charge on any atom is -0.458 e. The SMILES string of the molecule is C=CC(=O)OCc1ccncc1. The van der Waals surface area contributed by atoms with E-state index in [9.17, 15) is 4.79 Å². The third-order valence-corrected chi connectivity index (χ3v) is 1.30. The summed E-state index contributed by atoms with van der Waals surface area (Å²) in [7, 11) is 0. The highest BCUT2D eigenvalue weighted by molar-refractivity contribution is 5.81. The Hall–Kier alpha value is -1.64. The third kappa shape index (κ3) is 2.54. The van der Waals surface area contributed by atoms with Gasteiger partial charge in [-0.1, -0.05) is 6.58 Å². The fraction of sp³-hybridized carbons (Fsp3) is 0.111. The van der Waals surface area contributed by atoms with Crippen LogP contribution < -0.4 is 0 Å². The van der Waals surface area contributed by atoms with Crippen LogP contribution >= 0.6 is 0 Å². The number of rotatable bonds is 3. The largest absolute Gasteiger partial charge is 0.458 e. The molecule has 1 rings (SSSR count). The second-order valence-corrected chi connectivity index (χ2v) is 2.17. The Morgan fingerprint density at radius 3 is 2.83 bits per heavy atom. The summed E-state index contributed by atoms with van der Waals surface area (Å²) in [5, 5.41) is 0. The molecule has 0 aliphatic heterocycles. The van der Waals surface area contributed by atoms with Crippen LogP contribution in [0.1, 0.15) is 5.56 Å². The van der Waals surface area contributed by atoms with Crippen LogP contribution in [-0.2, 0) is 16.1 Å². The number of ether oxygens (including phenoxy) is 1. The third-order valence-electron chi connectivity index (χ3n) is 1.30. The summed E-state index contributed by atoms with van der Waals surface area (Å²) in [5.41, 5.74) is 0.917. The van der Waals surface area contributed by atoms with Crippen molar-refractivity contribution in [3.05, 3.63) is 42.7 Å². The van der Waals surface area contributed by atoms with Crippen molar-refractivity contribution in [3.63, 3.8) is 0 Å². The Balaban J connectivity index is 2.43. The lowest BCUT2D eigenvalue weighted by molar-refractivity contribution is -0.138. The minimum atomic E-state index is -0.410. The zero-order valence-electron chi connectivity index (χ0n) is 6.56. The van der Waals surface area contributed by atoms with Gasteiger partial charge in [0.25, 0.3) is 0 Å². The van der Waals surface area contributed by atoms with Gasteiger partial charge < -0.3 is 4.74 Å². The molecule has 0 aromatic carbocycles. The van der Waals surface area contributed by atoms with Crippen LogP contribution in [0.5, 0.6) is 0 Å². The zero-order valence-corrected chi connectivity index (χ0v) is 6.56. The van der Waals surface area contributed by atoms with Crippen LogP contribution in [0, 0.1) is 0 Å². The Morgan fingerprint density at radius 1 is 1.58 bits per heavy atom. The molecule has 1 aromatic heterocycles. The van der Waals surface area contributed by atoms with E-state index in [1.807, 2.05) is 0 Å². The number of nitrogens with zero attached hydrogens (tertiary/aromatic N) is 1. The van der Waals surface area contributed by atoms with Gasteiger partial charge in [0.05, 0.1) is 0 Å². The zero-order chi connectivity index (χ0) is 8.81. The summed E-state index contributed by atoms with van der Waals surface area (Å²) < 4.78 is 4.79.